The van der Waals surface area contributed by atoms with Gasteiger partial charge in [0.05, 0.1) is 10.7 Å². The summed E-state index contributed by atoms with van der Waals surface area (Å²) in [6, 6.07) is 7.71. The smallest absolute Gasteiger partial charge is 0.321 e. The maximum atomic E-state index is 11.9. The number of urea groups is 1. The Balaban J connectivity index is 2.07. The fourth-order valence-corrected chi connectivity index (χ4v) is 2.56. The van der Waals surface area contributed by atoms with E-state index in [9.17, 15) is 4.79 Å². The number of thiazole rings is 1. The second kappa shape index (κ2) is 6.52. The fourth-order valence-electron chi connectivity index (χ4n) is 1.93. The molecule has 2 amide bonds. The lowest BCUT2D eigenvalue weighted by Gasteiger charge is -2.19. The molecule has 0 saturated heterocycles. The van der Waals surface area contributed by atoms with Crippen molar-refractivity contribution in [1.82, 2.24) is 9.88 Å². The van der Waals surface area contributed by atoms with Gasteiger partial charge < -0.3 is 10.2 Å². The van der Waals surface area contributed by atoms with Crippen LogP contribution in [0.1, 0.15) is 18.9 Å². The molecule has 0 unspecified atom stereocenters. The third-order valence-electron chi connectivity index (χ3n) is 3.10. The number of rotatable bonds is 4. The van der Waals surface area contributed by atoms with Gasteiger partial charge in [-0.2, -0.15) is 0 Å². The van der Waals surface area contributed by atoms with Crippen LogP contribution >= 0.6 is 11.3 Å². The molecule has 0 atom stereocenters. The van der Waals surface area contributed by atoms with Gasteiger partial charge in [-0.3, -0.25) is 0 Å². The summed E-state index contributed by atoms with van der Waals surface area (Å²) in [6.45, 7) is 7.34. The Kier molecular flexibility index (Phi) is 4.74. The zero-order valence-corrected chi connectivity index (χ0v) is 12.8. The summed E-state index contributed by atoms with van der Waals surface area (Å²) in [7, 11) is 0. The van der Waals surface area contributed by atoms with Crippen LogP contribution in [0.25, 0.3) is 11.3 Å². The molecule has 1 N–H and O–H groups in total. The monoisotopic (exact) mass is 289 g/mol. The Hall–Kier alpha value is -1.88. The zero-order chi connectivity index (χ0) is 14.5. The largest absolute Gasteiger partial charge is 0.325 e. The first-order valence-electron chi connectivity index (χ1n) is 6.72. The molecule has 0 bridgehead atoms. The molecule has 1 aromatic heterocycles. The molecule has 4 nitrogen and oxygen atoms in total. The SMILES string of the molecule is CCN(CC)C(=O)Nc1ccc(-c2csc(C)n2)cc1. The van der Waals surface area contributed by atoms with Gasteiger partial charge in [-0.15, -0.1) is 11.3 Å². The van der Waals surface area contributed by atoms with E-state index in [1.165, 1.54) is 0 Å². The number of amides is 2. The third kappa shape index (κ3) is 3.36. The van der Waals surface area contributed by atoms with E-state index in [-0.39, 0.29) is 6.03 Å². The van der Waals surface area contributed by atoms with Crippen LogP contribution in [0.5, 0.6) is 0 Å². The number of hydrogen-bond donors (Lipinski definition) is 1. The number of nitrogens with zero attached hydrogens (tertiary/aromatic N) is 2. The molecule has 0 fully saturated rings. The topological polar surface area (TPSA) is 45.2 Å². The number of carbonyl (C=O) groups excluding carboxylic acids is 1. The number of nitrogens with one attached hydrogen (secondary N) is 1. The van der Waals surface area contributed by atoms with Crippen LogP contribution in [0.4, 0.5) is 10.5 Å². The second-order valence-electron chi connectivity index (χ2n) is 4.43. The predicted molar refractivity (Wildman–Crippen MR) is 84.2 cm³/mol. The molecule has 1 aromatic carbocycles. The van der Waals surface area contributed by atoms with Crippen LogP contribution in [0.3, 0.4) is 0 Å². The highest BCUT2D eigenvalue weighted by Gasteiger charge is 2.09. The first-order valence-corrected chi connectivity index (χ1v) is 7.60. The van der Waals surface area contributed by atoms with Crippen LogP contribution in [-0.2, 0) is 0 Å². The molecule has 1 heterocycles. The molecule has 0 radical (unpaired) electrons. The predicted octanol–water partition coefficient (Wildman–Crippen LogP) is 3.99. The molecule has 2 aromatic rings. The van der Waals surface area contributed by atoms with Crippen molar-refractivity contribution in [2.75, 3.05) is 18.4 Å². The molecule has 106 valence electrons. The third-order valence-corrected chi connectivity index (χ3v) is 3.88. The van der Waals surface area contributed by atoms with Crippen LogP contribution in [0.2, 0.25) is 0 Å². The Labute approximate surface area is 123 Å². The molecule has 5 heteroatoms. The van der Waals surface area contributed by atoms with Gasteiger partial charge in [0.15, 0.2) is 0 Å². The van der Waals surface area contributed by atoms with E-state index in [1.807, 2.05) is 50.4 Å². The van der Waals surface area contributed by atoms with Gasteiger partial charge in [0, 0.05) is 29.7 Å². The highest BCUT2D eigenvalue weighted by atomic mass is 32.1. The summed E-state index contributed by atoms with van der Waals surface area (Å²) in [6.07, 6.45) is 0. The van der Waals surface area contributed by atoms with E-state index in [2.05, 4.69) is 10.3 Å². The van der Waals surface area contributed by atoms with Gasteiger partial charge in [-0.25, -0.2) is 9.78 Å². The average Bonchev–Trinajstić information content (AvgIpc) is 2.87. The number of carbonyl (C=O) groups is 1. The fraction of sp³-hybridized carbons (Fsp3) is 0.333. The minimum absolute atomic E-state index is 0.0627. The molecule has 0 aliphatic rings. The van der Waals surface area contributed by atoms with Crippen molar-refractivity contribution in [1.29, 1.82) is 0 Å². The molecule has 0 aliphatic heterocycles. The summed E-state index contributed by atoms with van der Waals surface area (Å²) in [5.41, 5.74) is 2.85. The average molecular weight is 289 g/mol. The van der Waals surface area contributed by atoms with Gasteiger partial charge in [0.1, 0.15) is 0 Å². The highest BCUT2D eigenvalue weighted by Crippen LogP contribution is 2.23. The lowest BCUT2D eigenvalue weighted by molar-refractivity contribution is 0.217. The lowest BCUT2D eigenvalue weighted by Crippen LogP contribution is -2.34. The van der Waals surface area contributed by atoms with E-state index in [0.29, 0.717) is 13.1 Å². The van der Waals surface area contributed by atoms with Gasteiger partial charge in [-0.1, -0.05) is 12.1 Å². The molecule has 0 spiro atoms. The van der Waals surface area contributed by atoms with E-state index >= 15 is 0 Å². The molecule has 0 aliphatic carbocycles. The van der Waals surface area contributed by atoms with Crippen LogP contribution in [-0.4, -0.2) is 29.0 Å². The zero-order valence-electron chi connectivity index (χ0n) is 12.0. The van der Waals surface area contributed by atoms with Crippen LogP contribution in [0.15, 0.2) is 29.6 Å². The Morgan fingerprint density at radius 2 is 1.90 bits per heavy atom. The minimum atomic E-state index is -0.0627. The molecule has 2 rings (SSSR count). The first kappa shape index (κ1) is 14.5. The van der Waals surface area contributed by atoms with Crippen molar-refractivity contribution in [2.45, 2.75) is 20.8 Å². The summed E-state index contributed by atoms with van der Waals surface area (Å²) in [5, 5.41) is 5.99. The number of aromatic nitrogens is 1. The standard InChI is InChI=1S/C15H19N3OS/c1-4-18(5-2)15(19)17-13-8-6-12(7-9-13)14-10-20-11(3)16-14/h6-10H,4-5H2,1-3H3,(H,17,19). The summed E-state index contributed by atoms with van der Waals surface area (Å²) >= 11 is 1.64. The van der Waals surface area contributed by atoms with Gasteiger partial charge >= 0.3 is 6.03 Å². The van der Waals surface area contributed by atoms with Crippen molar-refractivity contribution in [3.63, 3.8) is 0 Å². The minimum Gasteiger partial charge on any atom is -0.325 e. The summed E-state index contributed by atoms with van der Waals surface area (Å²) in [5.74, 6) is 0. The lowest BCUT2D eigenvalue weighted by atomic mass is 10.1. The normalized spacial score (nSPS) is 10.3. The quantitative estimate of drug-likeness (QED) is 0.925. The van der Waals surface area contributed by atoms with E-state index < -0.39 is 0 Å². The Morgan fingerprint density at radius 3 is 2.40 bits per heavy atom. The van der Waals surface area contributed by atoms with Crippen LogP contribution in [0, 0.1) is 6.92 Å². The Morgan fingerprint density at radius 1 is 1.25 bits per heavy atom. The van der Waals surface area contributed by atoms with Crippen molar-refractivity contribution < 1.29 is 4.79 Å². The summed E-state index contributed by atoms with van der Waals surface area (Å²) < 4.78 is 0. The van der Waals surface area contributed by atoms with Crippen molar-refractivity contribution in [3.05, 3.63) is 34.7 Å². The molecular formula is C15H19N3OS. The van der Waals surface area contributed by atoms with Crippen molar-refractivity contribution >= 4 is 23.1 Å². The van der Waals surface area contributed by atoms with E-state index in [1.54, 1.807) is 16.2 Å². The molecular weight excluding hydrogens is 270 g/mol. The number of aryl methyl sites for hydroxylation is 1. The van der Waals surface area contributed by atoms with Gasteiger partial charge in [-0.05, 0) is 32.9 Å². The van der Waals surface area contributed by atoms with E-state index in [4.69, 9.17) is 0 Å². The molecule has 0 saturated carbocycles. The number of benzene rings is 1. The summed E-state index contributed by atoms with van der Waals surface area (Å²) in [4.78, 5) is 18.1. The highest BCUT2D eigenvalue weighted by molar-refractivity contribution is 7.09. The number of hydrogen-bond acceptors (Lipinski definition) is 3. The maximum Gasteiger partial charge on any atom is 0.321 e. The van der Waals surface area contributed by atoms with Crippen molar-refractivity contribution in [2.24, 2.45) is 0 Å². The number of anilines is 1. The Bertz CT molecular complexity index is 573. The van der Waals surface area contributed by atoms with Crippen molar-refractivity contribution in [3.8, 4) is 11.3 Å². The second-order valence-corrected chi connectivity index (χ2v) is 5.49. The van der Waals surface area contributed by atoms with E-state index in [0.717, 1.165) is 22.0 Å². The van der Waals surface area contributed by atoms with Gasteiger partial charge in [0.25, 0.3) is 0 Å². The maximum absolute atomic E-state index is 11.9. The van der Waals surface area contributed by atoms with Crippen LogP contribution < -0.4 is 5.32 Å². The molecule has 20 heavy (non-hydrogen) atoms. The van der Waals surface area contributed by atoms with Gasteiger partial charge in [0.2, 0.25) is 0 Å². The first-order chi connectivity index (χ1) is 9.63.